The minimum atomic E-state index is -0.419. The van der Waals surface area contributed by atoms with Gasteiger partial charge in [-0.1, -0.05) is 30.3 Å². The summed E-state index contributed by atoms with van der Waals surface area (Å²) in [6, 6.07) is 10.1. The van der Waals surface area contributed by atoms with Crippen LogP contribution < -0.4 is 0 Å². The molecule has 20 heavy (non-hydrogen) atoms. The lowest BCUT2D eigenvalue weighted by Crippen LogP contribution is -2.29. The van der Waals surface area contributed by atoms with Gasteiger partial charge in [0.05, 0.1) is 18.6 Å². The lowest BCUT2D eigenvalue weighted by atomic mass is 10.1. The smallest absolute Gasteiger partial charge is 0.312 e. The van der Waals surface area contributed by atoms with Gasteiger partial charge in [0.15, 0.2) is 0 Å². The molecule has 0 bridgehead atoms. The summed E-state index contributed by atoms with van der Waals surface area (Å²) < 4.78 is 11.2. The molecule has 0 spiro atoms. The first-order chi connectivity index (χ1) is 9.31. The van der Waals surface area contributed by atoms with Gasteiger partial charge in [-0.3, -0.25) is 4.79 Å². The van der Waals surface area contributed by atoms with Crippen molar-refractivity contribution < 1.29 is 14.3 Å². The highest BCUT2D eigenvalue weighted by Crippen LogP contribution is 2.53. The molecule has 110 valence electrons. The lowest BCUT2D eigenvalue weighted by molar-refractivity contribution is -0.162. The van der Waals surface area contributed by atoms with Crippen molar-refractivity contribution in [1.82, 2.24) is 0 Å². The molecule has 1 aromatic carbocycles. The van der Waals surface area contributed by atoms with Gasteiger partial charge in [-0.05, 0) is 45.6 Å². The average molecular weight is 276 g/mol. The summed E-state index contributed by atoms with van der Waals surface area (Å²) in [5, 5.41) is 0. The van der Waals surface area contributed by atoms with E-state index in [1.807, 2.05) is 58.0 Å². The Morgan fingerprint density at radius 2 is 1.95 bits per heavy atom. The summed E-state index contributed by atoms with van der Waals surface area (Å²) in [5.74, 6) is 0.180. The van der Waals surface area contributed by atoms with Gasteiger partial charge in [-0.25, -0.2) is 0 Å². The van der Waals surface area contributed by atoms with E-state index in [4.69, 9.17) is 9.47 Å². The van der Waals surface area contributed by atoms with Crippen LogP contribution in [-0.4, -0.2) is 18.2 Å². The van der Waals surface area contributed by atoms with Gasteiger partial charge in [0.25, 0.3) is 0 Å². The van der Waals surface area contributed by atoms with E-state index in [0.717, 1.165) is 12.0 Å². The monoisotopic (exact) mass is 276 g/mol. The van der Waals surface area contributed by atoms with E-state index in [9.17, 15) is 4.79 Å². The molecular weight excluding hydrogens is 252 g/mol. The van der Waals surface area contributed by atoms with Crippen LogP contribution in [0, 0.1) is 11.3 Å². The Hall–Kier alpha value is -1.35. The standard InChI is InChI=1S/C17H24O3/c1-16(2,3)20-15(18)17(4)10-14(17)12-19-11-13-8-6-5-7-9-13/h5-9,14H,10-12H2,1-4H3/t14-,17+/m1/s1. The van der Waals surface area contributed by atoms with Crippen LogP contribution in [-0.2, 0) is 20.9 Å². The first-order valence-electron chi connectivity index (χ1n) is 7.16. The third kappa shape index (κ3) is 3.83. The number of hydrogen-bond donors (Lipinski definition) is 0. The molecule has 2 rings (SSSR count). The van der Waals surface area contributed by atoms with Gasteiger partial charge in [-0.15, -0.1) is 0 Å². The molecule has 0 aromatic heterocycles. The number of ether oxygens (including phenoxy) is 2. The molecule has 0 aliphatic heterocycles. The van der Waals surface area contributed by atoms with Gasteiger partial charge in [0.1, 0.15) is 5.60 Å². The van der Waals surface area contributed by atoms with Crippen LogP contribution in [0.4, 0.5) is 0 Å². The number of benzene rings is 1. The van der Waals surface area contributed by atoms with Gasteiger partial charge < -0.3 is 9.47 Å². The molecule has 1 fully saturated rings. The van der Waals surface area contributed by atoms with E-state index in [2.05, 4.69) is 0 Å². The Balaban J connectivity index is 1.75. The lowest BCUT2D eigenvalue weighted by Gasteiger charge is -2.22. The fourth-order valence-corrected chi connectivity index (χ4v) is 2.23. The third-order valence-electron chi connectivity index (χ3n) is 3.71. The Kier molecular flexibility index (Phi) is 4.19. The van der Waals surface area contributed by atoms with Crippen molar-refractivity contribution >= 4 is 5.97 Å². The highest BCUT2D eigenvalue weighted by Gasteiger charge is 2.57. The molecule has 0 heterocycles. The van der Waals surface area contributed by atoms with Crippen molar-refractivity contribution in [3.8, 4) is 0 Å². The van der Waals surface area contributed by atoms with Crippen molar-refractivity contribution in [2.45, 2.75) is 46.3 Å². The molecule has 3 nitrogen and oxygen atoms in total. The SMILES string of the molecule is CC(C)(C)OC(=O)[C@@]1(C)C[C@@H]1COCc1ccccc1. The maximum Gasteiger partial charge on any atom is 0.312 e. The van der Waals surface area contributed by atoms with Gasteiger partial charge in [0, 0.05) is 0 Å². The average Bonchev–Trinajstić information content (AvgIpc) is 3.01. The van der Waals surface area contributed by atoms with Crippen molar-refractivity contribution in [2.24, 2.45) is 11.3 Å². The van der Waals surface area contributed by atoms with Crippen LogP contribution in [0.1, 0.15) is 39.7 Å². The predicted octanol–water partition coefficient (Wildman–Crippen LogP) is 3.57. The second-order valence-corrected chi connectivity index (χ2v) is 6.82. The maximum absolute atomic E-state index is 12.1. The summed E-state index contributed by atoms with van der Waals surface area (Å²) in [6.07, 6.45) is 0.858. The topological polar surface area (TPSA) is 35.5 Å². The molecule has 1 saturated carbocycles. The maximum atomic E-state index is 12.1. The molecule has 0 amide bonds. The van der Waals surface area contributed by atoms with Crippen LogP contribution >= 0.6 is 0 Å². The van der Waals surface area contributed by atoms with Crippen LogP contribution in [0.5, 0.6) is 0 Å². The molecule has 0 N–H and O–H groups in total. The Labute approximate surface area is 121 Å². The number of carbonyl (C=O) groups is 1. The summed E-state index contributed by atoms with van der Waals surface area (Å²) in [5.41, 5.74) is 0.384. The summed E-state index contributed by atoms with van der Waals surface area (Å²) in [6.45, 7) is 8.89. The van der Waals surface area contributed by atoms with E-state index in [-0.39, 0.29) is 17.3 Å². The zero-order valence-electron chi connectivity index (χ0n) is 12.8. The summed E-state index contributed by atoms with van der Waals surface area (Å²) >= 11 is 0. The number of hydrogen-bond acceptors (Lipinski definition) is 3. The Morgan fingerprint density at radius 1 is 1.30 bits per heavy atom. The molecule has 1 aliphatic rings. The molecule has 1 aliphatic carbocycles. The molecule has 0 saturated heterocycles. The van der Waals surface area contributed by atoms with Gasteiger partial charge in [0.2, 0.25) is 0 Å². The molecule has 1 aromatic rings. The summed E-state index contributed by atoms with van der Waals surface area (Å²) in [4.78, 5) is 12.1. The first kappa shape index (κ1) is 15.0. The predicted molar refractivity (Wildman–Crippen MR) is 78.2 cm³/mol. The molecular formula is C17H24O3. The van der Waals surface area contributed by atoms with Crippen LogP contribution in [0.3, 0.4) is 0 Å². The Morgan fingerprint density at radius 3 is 2.55 bits per heavy atom. The Bertz CT molecular complexity index is 461. The summed E-state index contributed by atoms with van der Waals surface area (Å²) in [7, 11) is 0. The fourth-order valence-electron chi connectivity index (χ4n) is 2.23. The highest BCUT2D eigenvalue weighted by molar-refractivity contribution is 5.80. The zero-order valence-corrected chi connectivity index (χ0v) is 12.8. The fraction of sp³-hybridized carbons (Fsp3) is 0.588. The van der Waals surface area contributed by atoms with E-state index < -0.39 is 5.60 Å². The minimum absolute atomic E-state index is 0.0988. The van der Waals surface area contributed by atoms with Crippen molar-refractivity contribution in [1.29, 1.82) is 0 Å². The number of esters is 1. The van der Waals surface area contributed by atoms with Crippen molar-refractivity contribution in [3.63, 3.8) is 0 Å². The number of carbonyl (C=O) groups excluding carboxylic acids is 1. The second kappa shape index (κ2) is 5.57. The highest BCUT2D eigenvalue weighted by atomic mass is 16.6. The number of rotatable bonds is 5. The minimum Gasteiger partial charge on any atom is -0.460 e. The third-order valence-corrected chi connectivity index (χ3v) is 3.71. The van der Waals surface area contributed by atoms with Crippen molar-refractivity contribution in [3.05, 3.63) is 35.9 Å². The normalized spacial score (nSPS) is 25.3. The van der Waals surface area contributed by atoms with Gasteiger partial charge >= 0.3 is 5.97 Å². The molecule has 0 radical (unpaired) electrons. The van der Waals surface area contributed by atoms with E-state index in [1.54, 1.807) is 0 Å². The van der Waals surface area contributed by atoms with Crippen LogP contribution in [0.15, 0.2) is 30.3 Å². The molecule has 0 unspecified atom stereocenters. The van der Waals surface area contributed by atoms with E-state index >= 15 is 0 Å². The van der Waals surface area contributed by atoms with Gasteiger partial charge in [-0.2, -0.15) is 0 Å². The largest absolute Gasteiger partial charge is 0.460 e. The van der Waals surface area contributed by atoms with Crippen molar-refractivity contribution in [2.75, 3.05) is 6.61 Å². The quantitative estimate of drug-likeness (QED) is 0.771. The molecule has 2 atom stereocenters. The van der Waals surface area contributed by atoms with Crippen LogP contribution in [0.25, 0.3) is 0 Å². The first-order valence-corrected chi connectivity index (χ1v) is 7.16. The van der Waals surface area contributed by atoms with Crippen LogP contribution in [0.2, 0.25) is 0 Å². The second-order valence-electron chi connectivity index (χ2n) is 6.82. The molecule has 3 heteroatoms. The van der Waals surface area contributed by atoms with E-state index in [0.29, 0.717) is 13.2 Å². The van der Waals surface area contributed by atoms with E-state index in [1.165, 1.54) is 0 Å². The zero-order chi connectivity index (χ0) is 14.8.